The largest absolute Gasteiger partial charge is 0.433 e. The molecule has 0 saturated carbocycles. The second kappa shape index (κ2) is 3.38. The third-order valence-electron chi connectivity index (χ3n) is 1.84. The van der Waals surface area contributed by atoms with Gasteiger partial charge in [0.25, 0.3) is 0 Å². The third kappa shape index (κ3) is 1.98. The lowest BCUT2D eigenvalue weighted by molar-refractivity contribution is -0.141. The van der Waals surface area contributed by atoms with E-state index in [9.17, 15) is 13.2 Å². The van der Waals surface area contributed by atoms with Crippen molar-refractivity contribution in [2.24, 2.45) is 0 Å². The molecule has 0 spiro atoms. The van der Waals surface area contributed by atoms with Gasteiger partial charge in [-0.05, 0) is 12.1 Å². The van der Waals surface area contributed by atoms with E-state index in [1.165, 1.54) is 18.6 Å². The number of hydrogen-bond acceptors (Lipinski definition) is 2. The fourth-order valence-electron chi connectivity index (χ4n) is 1.12. The Morgan fingerprint density at radius 1 is 1.20 bits per heavy atom. The molecule has 0 aliphatic heterocycles. The molecule has 0 saturated heterocycles. The monoisotopic (exact) mass is 213 g/mol. The van der Waals surface area contributed by atoms with Crippen molar-refractivity contribution >= 4 is 0 Å². The summed E-state index contributed by atoms with van der Waals surface area (Å²) in [5.41, 5.74) is -0.355. The van der Waals surface area contributed by atoms with Crippen LogP contribution in [0.3, 0.4) is 0 Å². The highest BCUT2D eigenvalue weighted by atomic mass is 19.4. The van der Waals surface area contributed by atoms with Gasteiger partial charge >= 0.3 is 6.18 Å². The van der Waals surface area contributed by atoms with Crippen LogP contribution in [-0.4, -0.2) is 14.5 Å². The number of rotatable bonds is 1. The second-order valence-corrected chi connectivity index (χ2v) is 2.87. The minimum Gasteiger partial charge on any atom is -0.305 e. The highest BCUT2D eigenvalue weighted by Gasteiger charge is 2.31. The number of nitrogens with zero attached hydrogens (tertiary/aromatic N) is 3. The molecule has 3 nitrogen and oxygen atoms in total. The van der Waals surface area contributed by atoms with Crippen LogP contribution in [0.4, 0.5) is 13.2 Å². The maximum Gasteiger partial charge on any atom is 0.433 e. The zero-order chi connectivity index (χ0) is 10.9. The van der Waals surface area contributed by atoms with Gasteiger partial charge in [0.2, 0.25) is 0 Å². The molecule has 15 heavy (non-hydrogen) atoms. The van der Waals surface area contributed by atoms with Gasteiger partial charge in [-0.25, -0.2) is 9.97 Å². The smallest absolute Gasteiger partial charge is 0.305 e. The van der Waals surface area contributed by atoms with Gasteiger partial charge in [0.05, 0.1) is 18.2 Å². The first-order valence-corrected chi connectivity index (χ1v) is 4.09. The molecule has 0 amide bonds. The summed E-state index contributed by atoms with van der Waals surface area (Å²) < 4.78 is 38.1. The maximum atomic E-state index is 12.2. The Balaban J connectivity index is 2.33. The van der Waals surface area contributed by atoms with E-state index in [-0.39, 0.29) is 0 Å². The SMILES string of the molecule is FC(F)(F)c1ccc(-n2ccnc2)cn1. The van der Waals surface area contributed by atoms with Crippen LogP contribution in [0.1, 0.15) is 5.69 Å². The summed E-state index contributed by atoms with van der Waals surface area (Å²) in [4.78, 5) is 7.12. The van der Waals surface area contributed by atoms with Gasteiger partial charge in [-0.2, -0.15) is 13.2 Å². The number of alkyl halides is 3. The standard InChI is InChI=1S/C9H6F3N3/c10-9(11,12)8-2-1-7(5-14-8)15-4-3-13-6-15/h1-6H. The molecule has 2 aromatic heterocycles. The maximum absolute atomic E-state index is 12.2. The molecule has 0 aliphatic carbocycles. The summed E-state index contributed by atoms with van der Waals surface area (Å²) >= 11 is 0. The summed E-state index contributed by atoms with van der Waals surface area (Å²) in [6.07, 6.45) is 1.42. The highest BCUT2D eigenvalue weighted by Crippen LogP contribution is 2.27. The van der Waals surface area contributed by atoms with Crippen molar-refractivity contribution in [3.63, 3.8) is 0 Å². The van der Waals surface area contributed by atoms with Crippen LogP contribution >= 0.6 is 0 Å². The fraction of sp³-hybridized carbons (Fsp3) is 0.111. The molecule has 0 N–H and O–H groups in total. The van der Waals surface area contributed by atoms with E-state index in [0.717, 1.165) is 12.3 Å². The van der Waals surface area contributed by atoms with Crippen LogP contribution in [0.25, 0.3) is 5.69 Å². The molecule has 6 heteroatoms. The summed E-state index contributed by atoms with van der Waals surface area (Å²) in [5.74, 6) is 0. The molecule has 0 aromatic carbocycles. The van der Waals surface area contributed by atoms with Crippen LogP contribution in [0.5, 0.6) is 0 Å². The molecule has 0 fully saturated rings. The minimum absolute atomic E-state index is 0.542. The summed E-state index contributed by atoms with van der Waals surface area (Å²) in [7, 11) is 0. The van der Waals surface area contributed by atoms with Crippen LogP contribution in [0.2, 0.25) is 0 Å². The second-order valence-electron chi connectivity index (χ2n) is 2.87. The van der Waals surface area contributed by atoms with E-state index in [4.69, 9.17) is 0 Å². The lowest BCUT2D eigenvalue weighted by Crippen LogP contribution is -2.07. The molecule has 0 bridgehead atoms. The van der Waals surface area contributed by atoms with Gasteiger partial charge in [0.1, 0.15) is 5.69 Å². The molecule has 0 unspecified atom stereocenters. The van der Waals surface area contributed by atoms with Gasteiger partial charge < -0.3 is 4.57 Å². The van der Waals surface area contributed by atoms with Crippen LogP contribution in [0.15, 0.2) is 37.1 Å². The van der Waals surface area contributed by atoms with E-state index in [2.05, 4.69) is 9.97 Å². The zero-order valence-corrected chi connectivity index (χ0v) is 7.44. The molecule has 2 aromatic rings. The van der Waals surface area contributed by atoms with E-state index in [1.54, 1.807) is 10.8 Å². The van der Waals surface area contributed by atoms with Crippen LogP contribution in [-0.2, 0) is 6.18 Å². The van der Waals surface area contributed by atoms with E-state index >= 15 is 0 Å². The Kier molecular flexibility index (Phi) is 2.18. The molecule has 0 atom stereocenters. The summed E-state index contributed by atoms with van der Waals surface area (Å²) in [6.45, 7) is 0. The Morgan fingerprint density at radius 3 is 2.47 bits per heavy atom. The Labute approximate surface area is 83.2 Å². The predicted molar refractivity (Wildman–Crippen MR) is 46.4 cm³/mol. The number of hydrogen-bond donors (Lipinski definition) is 0. The van der Waals surface area contributed by atoms with Crippen molar-refractivity contribution < 1.29 is 13.2 Å². The van der Waals surface area contributed by atoms with Gasteiger partial charge in [-0.3, -0.25) is 0 Å². The first-order valence-electron chi connectivity index (χ1n) is 4.09. The Hall–Kier alpha value is -1.85. The van der Waals surface area contributed by atoms with Crippen LogP contribution < -0.4 is 0 Å². The van der Waals surface area contributed by atoms with Crippen molar-refractivity contribution in [1.82, 2.24) is 14.5 Å². The van der Waals surface area contributed by atoms with Crippen LogP contribution in [0, 0.1) is 0 Å². The third-order valence-corrected chi connectivity index (χ3v) is 1.84. The van der Waals surface area contributed by atoms with E-state index in [1.807, 2.05) is 0 Å². The van der Waals surface area contributed by atoms with Crippen molar-refractivity contribution in [2.45, 2.75) is 6.18 Å². The average molecular weight is 213 g/mol. The molecule has 78 valence electrons. The fourth-order valence-corrected chi connectivity index (χ4v) is 1.12. The molecule has 2 rings (SSSR count). The minimum atomic E-state index is -4.40. The number of pyridine rings is 1. The molecular weight excluding hydrogens is 207 g/mol. The Morgan fingerprint density at radius 2 is 2.00 bits per heavy atom. The number of halogens is 3. The van der Waals surface area contributed by atoms with Crippen molar-refractivity contribution in [1.29, 1.82) is 0 Å². The topological polar surface area (TPSA) is 30.7 Å². The quantitative estimate of drug-likeness (QED) is 0.727. The normalized spacial score (nSPS) is 11.7. The average Bonchev–Trinajstić information content (AvgIpc) is 2.69. The highest BCUT2D eigenvalue weighted by molar-refractivity contribution is 5.29. The lowest BCUT2D eigenvalue weighted by Gasteiger charge is -2.06. The first-order chi connectivity index (χ1) is 7.07. The summed E-state index contributed by atoms with van der Waals surface area (Å²) in [5, 5.41) is 0. The van der Waals surface area contributed by atoms with E-state index < -0.39 is 11.9 Å². The van der Waals surface area contributed by atoms with Gasteiger partial charge in [-0.1, -0.05) is 0 Å². The number of aromatic nitrogens is 3. The number of imidazole rings is 1. The first kappa shape index (κ1) is 9.70. The van der Waals surface area contributed by atoms with Gasteiger partial charge in [0, 0.05) is 12.4 Å². The van der Waals surface area contributed by atoms with Gasteiger partial charge in [-0.15, -0.1) is 0 Å². The molecular formula is C9H6F3N3. The Bertz CT molecular complexity index is 431. The molecule has 0 radical (unpaired) electrons. The summed E-state index contributed by atoms with van der Waals surface area (Å²) in [6, 6.07) is 2.28. The lowest BCUT2D eigenvalue weighted by atomic mass is 10.3. The predicted octanol–water partition coefficient (Wildman–Crippen LogP) is 2.29. The van der Waals surface area contributed by atoms with Crippen molar-refractivity contribution in [3.05, 3.63) is 42.7 Å². The van der Waals surface area contributed by atoms with Gasteiger partial charge in [0.15, 0.2) is 0 Å². The van der Waals surface area contributed by atoms with E-state index in [0.29, 0.717) is 5.69 Å². The molecule has 2 heterocycles. The van der Waals surface area contributed by atoms with Crippen molar-refractivity contribution in [2.75, 3.05) is 0 Å². The van der Waals surface area contributed by atoms with Crippen molar-refractivity contribution in [3.8, 4) is 5.69 Å². The molecule has 0 aliphatic rings. The zero-order valence-electron chi connectivity index (χ0n) is 7.44.